The Morgan fingerprint density at radius 2 is 1.91 bits per heavy atom. The van der Waals surface area contributed by atoms with Crippen LogP contribution in [0.4, 0.5) is 4.39 Å². The second kappa shape index (κ2) is 7.35. The zero-order chi connectivity index (χ0) is 22.7. The van der Waals surface area contributed by atoms with Gasteiger partial charge in [0.1, 0.15) is 23.9 Å². The fourth-order valence-corrected chi connectivity index (χ4v) is 5.76. The maximum absolute atomic E-state index is 13.5. The van der Waals surface area contributed by atoms with E-state index in [0.717, 1.165) is 24.8 Å². The lowest BCUT2D eigenvalue weighted by atomic mass is 9.38. The van der Waals surface area contributed by atoms with Crippen LogP contribution in [0.1, 0.15) is 38.2 Å². The van der Waals surface area contributed by atoms with Crippen molar-refractivity contribution in [2.75, 3.05) is 6.61 Å². The normalized spacial score (nSPS) is 29.2. The molecule has 1 atom stereocenters. The highest BCUT2D eigenvalue weighted by Crippen LogP contribution is 2.69. The van der Waals surface area contributed by atoms with Crippen LogP contribution in [0, 0.1) is 11.2 Å². The Balaban J connectivity index is 1.11. The van der Waals surface area contributed by atoms with Gasteiger partial charge in [-0.05, 0) is 61.9 Å². The molecule has 2 aromatic carbocycles. The van der Waals surface area contributed by atoms with Crippen LogP contribution in [0.2, 0.25) is 10.0 Å². The Kier molecular flexibility index (Phi) is 4.95. The van der Waals surface area contributed by atoms with E-state index in [0.29, 0.717) is 23.6 Å². The van der Waals surface area contributed by atoms with Gasteiger partial charge in [-0.25, -0.2) is 4.39 Å². The number of amides is 1. The number of rotatable bonds is 7. The molecule has 1 N–H and O–H groups in total. The van der Waals surface area contributed by atoms with Crippen molar-refractivity contribution in [1.29, 1.82) is 0 Å². The molecule has 4 aliphatic rings. The van der Waals surface area contributed by atoms with Crippen LogP contribution >= 0.6 is 23.2 Å². The molecule has 2 aromatic rings. The van der Waals surface area contributed by atoms with E-state index in [4.69, 9.17) is 32.7 Å². The van der Waals surface area contributed by atoms with E-state index in [9.17, 15) is 14.0 Å². The number of carbonyl (C=O) groups is 2. The van der Waals surface area contributed by atoms with Crippen molar-refractivity contribution < 1.29 is 23.5 Å². The third kappa shape index (κ3) is 3.73. The van der Waals surface area contributed by atoms with Gasteiger partial charge in [0.2, 0.25) is 0 Å². The first kappa shape index (κ1) is 21.5. The topological polar surface area (TPSA) is 64.6 Å². The van der Waals surface area contributed by atoms with Gasteiger partial charge in [-0.1, -0.05) is 23.2 Å². The summed E-state index contributed by atoms with van der Waals surface area (Å²) >= 11 is 11.7. The summed E-state index contributed by atoms with van der Waals surface area (Å²) in [5.41, 5.74) is -0.369. The first-order valence-corrected chi connectivity index (χ1v) is 11.2. The lowest BCUT2D eigenvalue weighted by molar-refractivity contribution is -0.178. The number of carbonyl (C=O) groups excluding carboxylic acids is 2. The zero-order valence-electron chi connectivity index (χ0n) is 17.5. The second-order valence-corrected chi connectivity index (χ2v) is 10.5. The second-order valence-electron chi connectivity index (χ2n) is 9.61. The first-order chi connectivity index (χ1) is 15.1. The van der Waals surface area contributed by atoms with Gasteiger partial charge in [-0.3, -0.25) is 9.59 Å². The minimum absolute atomic E-state index is 0.00873. The molecule has 3 saturated carbocycles. The van der Waals surface area contributed by atoms with E-state index >= 15 is 0 Å². The van der Waals surface area contributed by atoms with Crippen molar-refractivity contribution >= 4 is 34.9 Å². The van der Waals surface area contributed by atoms with Crippen molar-refractivity contribution in [3.05, 3.63) is 57.8 Å². The third-order valence-electron chi connectivity index (χ3n) is 6.75. The maximum Gasteiger partial charge on any atom is 0.264 e. The van der Waals surface area contributed by atoms with E-state index in [-0.39, 0.29) is 40.0 Å². The largest absolute Gasteiger partial charge is 0.486 e. The monoisotopic (exact) mass is 477 g/mol. The molecule has 32 heavy (non-hydrogen) atoms. The van der Waals surface area contributed by atoms with Crippen molar-refractivity contribution in [2.45, 2.75) is 50.2 Å². The zero-order valence-corrected chi connectivity index (χ0v) is 19.0. The highest BCUT2D eigenvalue weighted by atomic mass is 35.5. The molecule has 2 bridgehead atoms. The molecule has 5 nitrogen and oxygen atoms in total. The molecule has 8 heteroatoms. The minimum Gasteiger partial charge on any atom is -0.486 e. The number of Topliss-reactive ketones (excluding diaryl/α,β-unsaturated/α-hetero) is 1. The first-order valence-electron chi connectivity index (χ1n) is 10.5. The lowest BCUT2D eigenvalue weighted by Gasteiger charge is -2.71. The number of ether oxygens (including phenoxy) is 2. The summed E-state index contributed by atoms with van der Waals surface area (Å²) in [7, 11) is 0. The fourth-order valence-electron chi connectivity index (χ4n) is 5.45. The summed E-state index contributed by atoms with van der Waals surface area (Å²) in [5.74, 6) is 0.191. The van der Waals surface area contributed by atoms with Gasteiger partial charge in [-0.15, -0.1) is 0 Å². The van der Waals surface area contributed by atoms with Crippen LogP contribution in [-0.2, 0) is 16.0 Å². The van der Waals surface area contributed by atoms with E-state index in [2.05, 4.69) is 5.32 Å². The molecule has 168 valence electrons. The standard InChI is InChI=1S/C24H22Cl2FNO4/c1-22(8-14-6-15(25)2-5-20(14)32-22)21(30)28-24-11-23(12-24,13-24)9-16(29)10-31-17-3-4-18(26)19(27)7-17/h2-7H,8-13H2,1H3,(H,28,30)/t22-,23?,24?/m0/s1. The van der Waals surface area contributed by atoms with Gasteiger partial charge in [-0.2, -0.15) is 0 Å². The Morgan fingerprint density at radius 1 is 1.16 bits per heavy atom. The number of nitrogens with one attached hydrogen (secondary N) is 1. The molecule has 0 unspecified atom stereocenters. The molecule has 6 rings (SSSR count). The van der Waals surface area contributed by atoms with Gasteiger partial charge in [0.05, 0.1) is 5.02 Å². The molecule has 1 heterocycles. The number of ketones is 1. The fraction of sp³-hybridized carbons (Fsp3) is 0.417. The van der Waals surface area contributed by atoms with Gasteiger partial charge < -0.3 is 14.8 Å². The molecule has 1 aliphatic heterocycles. The lowest BCUT2D eigenvalue weighted by Crippen LogP contribution is -2.76. The molecule has 3 fully saturated rings. The molecule has 0 aromatic heterocycles. The van der Waals surface area contributed by atoms with Gasteiger partial charge in [0, 0.05) is 35.0 Å². The van der Waals surface area contributed by atoms with Crippen LogP contribution in [-0.4, -0.2) is 29.4 Å². The van der Waals surface area contributed by atoms with Gasteiger partial charge >= 0.3 is 0 Å². The Labute approximate surface area is 195 Å². The van der Waals surface area contributed by atoms with Crippen molar-refractivity contribution in [2.24, 2.45) is 5.41 Å². The van der Waals surface area contributed by atoms with E-state index in [1.54, 1.807) is 19.1 Å². The number of benzene rings is 2. The van der Waals surface area contributed by atoms with Crippen molar-refractivity contribution in [3.8, 4) is 11.5 Å². The van der Waals surface area contributed by atoms with Crippen LogP contribution in [0.25, 0.3) is 0 Å². The minimum atomic E-state index is -0.965. The molecule has 3 aliphatic carbocycles. The molecule has 0 radical (unpaired) electrons. The average Bonchev–Trinajstić information content (AvgIpc) is 3.03. The molecule has 1 amide bonds. The average molecular weight is 478 g/mol. The molecule has 0 saturated heterocycles. The van der Waals surface area contributed by atoms with Gasteiger partial charge in [0.25, 0.3) is 5.91 Å². The van der Waals surface area contributed by atoms with Gasteiger partial charge in [0.15, 0.2) is 11.4 Å². The quantitative estimate of drug-likeness (QED) is 0.615. The molecular formula is C24H22Cl2FNO4. The maximum atomic E-state index is 13.5. The van der Waals surface area contributed by atoms with Crippen molar-refractivity contribution in [1.82, 2.24) is 5.32 Å². The smallest absolute Gasteiger partial charge is 0.264 e. The summed E-state index contributed by atoms with van der Waals surface area (Å²) in [4.78, 5) is 25.4. The van der Waals surface area contributed by atoms with Crippen LogP contribution < -0.4 is 14.8 Å². The number of fused-ring (bicyclic) bond motifs is 1. The predicted molar refractivity (Wildman–Crippen MR) is 118 cm³/mol. The van der Waals surface area contributed by atoms with Crippen LogP contribution in [0.3, 0.4) is 0 Å². The predicted octanol–water partition coefficient (Wildman–Crippen LogP) is 4.90. The summed E-state index contributed by atoms with van der Waals surface area (Å²) in [5, 5.41) is 3.79. The summed E-state index contributed by atoms with van der Waals surface area (Å²) in [6, 6.07) is 9.46. The Hall–Kier alpha value is -2.31. The van der Waals surface area contributed by atoms with Crippen LogP contribution in [0.15, 0.2) is 36.4 Å². The summed E-state index contributed by atoms with van der Waals surface area (Å²) in [6.45, 7) is 1.67. The highest BCUT2D eigenvalue weighted by molar-refractivity contribution is 6.31. The Morgan fingerprint density at radius 3 is 2.62 bits per heavy atom. The Bertz CT molecular complexity index is 1120. The number of hydrogen-bond donors (Lipinski definition) is 1. The molecule has 0 spiro atoms. The number of hydrogen-bond acceptors (Lipinski definition) is 4. The van der Waals surface area contributed by atoms with Crippen molar-refractivity contribution in [3.63, 3.8) is 0 Å². The highest BCUT2D eigenvalue weighted by Gasteiger charge is 2.69. The van der Waals surface area contributed by atoms with E-state index < -0.39 is 11.4 Å². The summed E-state index contributed by atoms with van der Waals surface area (Å²) in [6.07, 6.45) is 3.15. The molecular weight excluding hydrogens is 456 g/mol. The van der Waals surface area contributed by atoms with E-state index in [1.807, 2.05) is 6.07 Å². The number of halogens is 3. The van der Waals surface area contributed by atoms with Crippen LogP contribution in [0.5, 0.6) is 11.5 Å². The third-order valence-corrected chi connectivity index (χ3v) is 7.29. The SMILES string of the molecule is C[C@@]1(C(=O)NC23CC(CC(=O)COc4ccc(Cl)c(F)c4)(C2)C3)Cc2cc(Cl)ccc2O1. The summed E-state index contributed by atoms with van der Waals surface area (Å²) < 4.78 is 24.8. The van der Waals surface area contributed by atoms with E-state index in [1.165, 1.54) is 18.2 Å².